The van der Waals surface area contributed by atoms with Crippen LogP contribution in [0.2, 0.25) is 0 Å². The lowest BCUT2D eigenvalue weighted by atomic mass is 9.74. The number of aliphatic hydroxyl groups is 1. The van der Waals surface area contributed by atoms with Gasteiger partial charge in [-0.05, 0) is 61.1 Å². The lowest BCUT2D eigenvalue weighted by molar-refractivity contribution is 0.0666. The summed E-state index contributed by atoms with van der Waals surface area (Å²) in [5, 5.41) is 10.5. The molecule has 1 unspecified atom stereocenters. The van der Waals surface area contributed by atoms with Crippen molar-refractivity contribution in [1.29, 1.82) is 0 Å². The van der Waals surface area contributed by atoms with Crippen LogP contribution in [-0.4, -0.2) is 12.2 Å². The van der Waals surface area contributed by atoms with Gasteiger partial charge in [0.05, 0.1) is 13.2 Å². The molecule has 0 radical (unpaired) electrons. The molecule has 0 aliphatic heterocycles. The molecule has 2 rings (SSSR count). The quantitative estimate of drug-likeness (QED) is 0.881. The van der Waals surface area contributed by atoms with Crippen LogP contribution in [0.25, 0.3) is 0 Å². The number of methoxy groups -OCH3 is 1. The Balaban J connectivity index is 1.98. The van der Waals surface area contributed by atoms with Gasteiger partial charge in [0.25, 0.3) is 0 Å². The van der Waals surface area contributed by atoms with Crippen molar-refractivity contribution >= 4 is 0 Å². The van der Waals surface area contributed by atoms with E-state index in [-0.39, 0.29) is 6.10 Å². The molecular formula is C17H26O2. The molecule has 1 aromatic rings. The van der Waals surface area contributed by atoms with E-state index in [1.807, 2.05) is 24.3 Å². The molecule has 1 atom stereocenters. The van der Waals surface area contributed by atoms with E-state index < -0.39 is 0 Å². The van der Waals surface area contributed by atoms with Crippen molar-refractivity contribution in [2.24, 2.45) is 17.8 Å². The number of hydrogen-bond acceptors (Lipinski definition) is 2. The van der Waals surface area contributed by atoms with E-state index in [1.54, 1.807) is 7.11 Å². The van der Waals surface area contributed by atoms with Gasteiger partial charge in [0.15, 0.2) is 0 Å². The summed E-state index contributed by atoms with van der Waals surface area (Å²) in [6.07, 6.45) is 4.44. The third-order valence-corrected chi connectivity index (χ3v) is 4.64. The number of hydrogen-bond donors (Lipinski definition) is 1. The normalized spacial score (nSPS) is 25.3. The van der Waals surface area contributed by atoms with Crippen molar-refractivity contribution < 1.29 is 9.84 Å². The van der Waals surface area contributed by atoms with Gasteiger partial charge < -0.3 is 9.84 Å². The highest BCUT2D eigenvalue weighted by Crippen LogP contribution is 2.39. The van der Waals surface area contributed by atoms with Crippen LogP contribution in [0, 0.1) is 17.8 Å². The molecule has 0 bridgehead atoms. The van der Waals surface area contributed by atoms with Crippen molar-refractivity contribution in [1.82, 2.24) is 0 Å². The van der Waals surface area contributed by atoms with E-state index in [0.717, 1.165) is 36.0 Å². The highest BCUT2D eigenvalue weighted by molar-refractivity contribution is 5.30. The molecular weight excluding hydrogens is 236 g/mol. The topological polar surface area (TPSA) is 29.5 Å². The molecule has 0 saturated heterocycles. The predicted molar refractivity (Wildman–Crippen MR) is 78.2 cm³/mol. The Morgan fingerprint density at radius 1 is 1.11 bits per heavy atom. The van der Waals surface area contributed by atoms with Gasteiger partial charge in [-0.25, -0.2) is 0 Å². The second-order valence-electron chi connectivity index (χ2n) is 6.14. The van der Waals surface area contributed by atoms with Crippen LogP contribution in [0.3, 0.4) is 0 Å². The summed E-state index contributed by atoms with van der Waals surface area (Å²) in [5.74, 6) is 2.85. The average molecular weight is 262 g/mol. The van der Waals surface area contributed by atoms with Crippen LogP contribution in [0.4, 0.5) is 0 Å². The smallest absolute Gasteiger partial charge is 0.119 e. The van der Waals surface area contributed by atoms with Crippen molar-refractivity contribution in [3.8, 4) is 5.75 Å². The van der Waals surface area contributed by atoms with Gasteiger partial charge in [0.1, 0.15) is 5.75 Å². The van der Waals surface area contributed by atoms with E-state index >= 15 is 0 Å². The van der Waals surface area contributed by atoms with Gasteiger partial charge >= 0.3 is 0 Å². The maximum absolute atomic E-state index is 10.5. The fourth-order valence-corrected chi connectivity index (χ4v) is 3.23. The maximum atomic E-state index is 10.5. The Bertz CT molecular complexity index is 392. The summed E-state index contributed by atoms with van der Waals surface area (Å²) < 4.78 is 5.23. The van der Waals surface area contributed by atoms with Crippen molar-refractivity contribution in [3.63, 3.8) is 0 Å². The van der Waals surface area contributed by atoms with E-state index in [9.17, 15) is 5.11 Å². The van der Waals surface area contributed by atoms with Gasteiger partial charge in [-0.3, -0.25) is 0 Å². The van der Waals surface area contributed by atoms with Gasteiger partial charge in [0.2, 0.25) is 0 Å². The predicted octanol–water partition coefficient (Wildman–Crippen LogP) is 4.19. The van der Waals surface area contributed by atoms with E-state index in [0.29, 0.717) is 5.92 Å². The first kappa shape index (κ1) is 14.4. The number of aliphatic hydroxyl groups excluding tert-OH is 1. The fourth-order valence-electron chi connectivity index (χ4n) is 3.23. The van der Waals surface area contributed by atoms with Crippen molar-refractivity contribution in [2.75, 3.05) is 7.11 Å². The zero-order valence-electron chi connectivity index (χ0n) is 12.3. The highest BCUT2D eigenvalue weighted by Gasteiger charge is 2.28. The number of rotatable bonds is 4. The van der Waals surface area contributed by atoms with E-state index in [2.05, 4.69) is 13.8 Å². The third kappa shape index (κ3) is 3.50. The molecule has 1 fully saturated rings. The van der Waals surface area contributed by atoms with E-state index in [4.69, 9.17) is 4.74 Å². The Hall–Kier alpha value is -1.02. The zero-order chi connectivity index (χ0) is 13.8. The second-order valence-corrected chi connectivity index (χ2v) is 6.14. The summed E-state index contributed by atoms with van der Waals surface area (Å²) >= 11 is 0. The second kappa shape index (κ2) is 6.42. The molecule has 1 aliphatic rings. The lowest BCUT2D eigenvalue weighted by Crippen LogP contribution is -2.23. The van der Waals surface area contributed by atoms with Gasteiger partial charge in [0, 0.05) is 0 Å². The van der Waals surface area contributed by atoms with Crippen LogP contribution < -0.4 is 4.74 Å². The highest BCUT2D eigenvalue weighted by atomic mass is 16.5. The third-order valence-electron chi connectivity index (χ3n) is 4.64. The molecule has 1 saturated carbocycles. The van der Waals surface area contributed by atoms with Crippen molar-refractivity contribution in [2.45, 2.75) is 45.6 Å². The van der Waals surface area contributed by atoms with E-state index in [1.165, 1.54) is 12.8 Å². The Kier molecular flexibility index (Phi) is 4.87. The fraction of sp³-hybridized carbons (Fsp3) is 0.647. The molecule has 106 valence electrons. The first-order valence-electron chi connectivity index (χ1n) is 7.43. The first-order chi connectivity index (χ1) is 9.11. The van der Waals surface area contributed by atoms with Crippen LogP contribution >= 0.6 is 0 Å². The molecule has 19 heavy (non-hydrogen) atoms. The van der Waals surface area contributed by atoms with Crippen LogP contribution in [-0.2, 0) is 0 Å². The first-order valence-corrected chi connectivity index (χ1v) is 7.43. The minimum atomic E-state index is -0.344. The average Bonchev–Trinajstić information content (AvgIpc) is 2.46. The van der Waals surface area contributed by atoms with Crippen LogP contribution in [0.5, 0.6) is 5.75 Å². The number of ether oxygens (including phenoxy) is 1. The monoisotopic (exact) mass is 262 g/mol. The molecule has 0 aromatic heterocycles. The molecule has 1 aliphatic carbocycles. The molecule has 1 aromatic carbocycles. The Morgan fingerprint density at radius 2 is 1.74 bits per heavy atom. The summed E-state index contributed by atoms with van der Waals surface area (Å²) in [6, 6.07) is 7.84. The molecule has 0 spiro atoms. The summed E-state index contributed by atoms with van der Waals surface area (Å²) in [5.41, 5.74) is 0.993. The molecule has 2 heteroatoms. The summed E-state index contributed by atoms with van der Waals surface area (Å²) in [7, 11) is 1.67. The SMILES string of the molecule is COc1cccc(C(O)C2CCC(C(C)C)CC2)c1. The van der Waals surface area contributed by atoms with Crippen LogP contribution in [0.15, 0.2) is 24.3 Å². The summed E-state index contributed by atoms with van der Waals surface area (Å²) in [4.78, 5) is 0. The van der Waals surface area contributed by atoms with Crippen molar-refractivity contribution in [3.05, 3.63) is 29.8 Å². The Labute approximate surface area is 116 Å². The van der Waals surface area contributed by atoms with Gasteiger partial charge in [-0.15, -0.1) is 0 Å². The molecule has 0 amide bonds. The Morgan fingerprint density at radius 3 is 2.32 bits per heavy atom. The standard InChI is InChI=1S/C17H26O2/c1-12(2)13-7-9-14(10-8-13)17(18)15-5-4-6-16(11-15)19-3/h4-6,11-14,17-18H,7-10H2,1-3H3. The number of benzene rings is 1. The minimum Gasteiger partial charge on any atom is -0.497 e. The van der Waals surface area contributed by atoms with Crippen LogP contribution in [0.1, 0.15) is 51.2 Å². The maximum Gasteiger partial charge on any atom is 0.119 e. The molecule has 0 heterocycles. The minimum absolute atomic E-state index is 0.344. The van der Waals surface area contributed by atoms with Gasteiger partial charge in [-0.1, -0.05) is 26.0 Å². The van der Waals surface area contributed by atoms with Gasteiger partial charge in [-0.2, -0.15) is 0 Å². The lowest BCUT2D eigenvalue weighted by Gasteiger charge is -2.33. The largest absolute Gasteiger partial charge is 0.497 e. The summed E-state index contributed by atoms with van der Waals surface area (Å²) in [6.45, 7) is 4.62. The zero-order valence-corrected chi connectivity index (χ0v) is 12.3. The molecule has 2 nitrogen and oxygen atoms in total. The molecule has 1 N–H and O–H groups in total.